The molecule has 0 aliphatic heterocycles. The first kappa shape index (κ1) is 13.0. The van der Waals surface area contributed by atoms with Gasteiger partial charge < -0.3 is 15.3 Å². The summed E-state index contributed by atoms with van der Waals surface area (Å²) < 4.78 is 4.68. The molecule has 0 atom stereocenters. The number of hydrogen-bond acceptors (Lipinski definition) is 4. The van der Waals surface area contributed by atoms with Crippen molar-refractivity contribution in [1.29, 1.82) is 0 Å². The fraction of sp³-hybridized carbons (Fsp3) is 0.231. The van der Waals surface area contributed by atoms with Crippen molar-refractivity contribution in [2.45, 2.75) is 13.3 Å². The molecule has 0 amide bonds. The van der Waals surface area contributed by atoms with Crippen LogP contribution in [-0.2, 0) is 9.53 Å². The lowest BCUT2D eigenvalue weighted by Crippen LogP contribution is -2.06. The molecule has 0 aliphatic carbocycles. The molecule has 0 saturated carbocycles. The SMILES string of the molecule is COC(=O)c1cc(C=CCC=O)cc(N)c1C. The summed E-state index contributed by atoms with van der Waals surface area (Å²) >= 11 is 0. The maximum atomic E-state index is 11.5. The normalized spacial score (nSPS) is 10.5. The molecule has 0 bridgehead atoms. The Kier molecular flexibility index (Phi) is 4.46. The maximum absolute atomic E-state index is 11.5. The standard InChI is InChI=1S/C13H15NO3/c1-9-11(13(16)17-2)7-10(8-12(9)14)5-3-4-6-15/h3,5-8H,4,14H2,1-2H3. The Morgan fingerprint density at radius 1 is 1.47 bits per heavy atom. The fourth-order valence-electron chi connectivity index (χ4n) is 1.44. The Hall–Kier alpha value is -2.10. The fourth-order valence-corrected chi connectivity index (χ4v) is 1.44. The van der Waals surface area contributed by atoms with Crippen molar-refractivity contribution in [3.8, 4) is 0 Å². The second-order valence-electron chi connectivity index (χ2n) is 3.58. The number of anilines is 1. The van der Waals surface area contributed by atoms with Crippen molar-refractivity contribution < 1.29 is 14.3 Å². The Balaban J connectivity index is 3.14. The molecule has 0 aromatic heterocycles. The number of carbonyl (C=O) groups is 2. The molecule has 90 valence electrons. The van der Waals surface area contributed by atoms with Gasteiger partial charge in [-0.25, -0.2) is 4.79 Å². The number of hydrogen-bond donors (Lipinski definition) is 1. The number of nitrogen functional groups attached to an aromatic ring is 1. The van der Waals surface area contributed by atoms with Crippen LogP contribution in [0.1, 0.15) is 27.9 Å². The monoisotopic (exact) mass is 233 g/mol. The van der Waals surface area contributed by atoms with E-state index in [0.29, 0.717) is 23.2 Å². The molecule has 1 rings (SSSR count). The predicted molar refractivity (Wildman–Crippen MR) is 66.6 cm³/mol. The second-order valence-corrected chi connectivity index (χ2v) is 3.58. The molecule has 2 N–H and O–H groups in total. The van der Waals surface area contributed by atoms with Crippen molar-refractivity contribution in [3.05, 3.63) is 34.9 Å². The van der Waals surface area contributed by atoms with Crippen molar-refractivity contribution in [3.63, 3.8) is 0 Å². The van der Waals surface area contributed by atoms with Crippen molar-refractivity contribution in [1.82, 2.24) is 0 Å². The van der Waals surface area contributed by atoms with E-state index < -0.39 is 5.97 Å². The Morgan fingerprint density at radius 2 is 2.18 bits per heavy atom. The Labute approximate surface area is 100 Å². The van der Waals surface area contributed by atoms with Crippen molar-refractivity contribution >= 4 is 24.0 Å². The van der Waals surface area contributed by atoms with E-state index in [2.05, 4.69) is 4.74 Å². The Bertz CT molecular complexity index is 464. The molecule has 0 unspecified atom stereocenters. The molecule has 17 heavy (non-hydrogen) atoms. The molecule has 4 nitrogen and oxygen atoms in total. The van der Waals surface area contributed by atoms with Crippen LogP contribution >= 0.6 is 0 Å². The lowest BCUT2D eigenvalue weighted by Gasteiger charge is -2.08. The number of benzene rings is 1. The average Bonchev–Trinajstić information content (AvgIpc) is 2.32. The highest BCUT2D eigenvalue weighted by Gasteiger charge is 2.11. The minimum atomic E-state index is -0.417. The van der Waals surface area contributed by atoms with Gasteiger partial charge >= 0.3 is 5.97 Å². The van der Waals surface area contributed by atoms with Gasteiger partial charge in [-0.05, 0) is 30.2 Å². The van der Waals surface area contributed by atoms with Gasteiger partial charge in [0.05, 0.1) is 12.7 Å². The number of methoxy groups -OCH3 is 1. The van der Waals surface area contributed by atoms with Crippen LogP contribution in [0, 0.1) is 6.92 Å². The smallest absolute Gasteiger partial charge is 0.338 e. The predicted octanol–water partition coefficient (Wildman–Crippen LogP) is 1.97. The summed E-state index contributed by atoms with van der Waals surface area (Å²) in [6, 6.07) is 3.45. The first-order valence-electron chi connectivity index (χ1n) is 5.18. The highest BCUT2D eigenvalue weighted by atomic mass is 16.5. The lowest BCUT2D eigenvalue weighted by atomic mass is 10.0. The van der Waals surface area contributed by atoms with E-state index in [1.807, 2.05) is 0 Å². The Morgan fingerprint density at radius 3 is 2.76 bits per heavy atom. The van der Waals surface area contributed by atoms with E-state index in [0.717, 1.165) is 11.8 Å². The number of aldehydes is 1. The summed E-state index contributed by atoms with van der Waals surface area (Å²) in [6.07, 6.45) is 4.59. The zero-order valence-corrected chi connectivity index (χ0v) is 9.90. The van der Waals surface area contributed by atoms with Gasteiger partial charge in [0.2, 0.25) is 0 Å². The number of ether oxygens (including phenoxy) is 1. The van der Waals surface area contributed by atoms with Crippen LogP contribution in [0.4, 0.5) is 5.69 Å². The highest BCUT2D eigenvalue weighted by Crippen LogP contribution is 2.20. The maximum Gasteiger partial charge on any atom is 0.338 e. The van der Waals surface area contributed by atoms with E-state index in [1.54, 1.807) is 31.2 Å². The largest absolute Gasteiger partial charge is 0.465 e. The topological polar surface area (TPSA) is 69.4 Å². The summed E-state index contributed by atoms with van der Waals surface area (Å²) in [7, 11) is 1.33. The quantitative estimate of drug-likeness (QED) is 0.490. The summed E-state index contributed by atoms with van der Waals surface area (Å²) in [5, 5.41) is 0. The minimum Gasteiger partial charge on any atom is -0.465 e. The summed E-state index contributed by atoms with van der Waals surface area (Å²) in [5.74, 6) is -0.417. The van der Waals surface area contributed by atoms with Crippen LogP contribution in [0.15, 0.2) is 18.2 Å². The van der Waals surface area contributed by atoms with Gasteiger partial charge in [0.25, 0.3) is 0 Å². The van der Waals surface area contributed by atoms with Crippen LogP contribution < -0.4 is 5.73 Å². The first-order valence-corrected chi connectivity index (χ1v) is 5.18. The van der Waals surface area contributed by atoms with Crippen LogP contribution in [0.3, 0.4) is 0 Å². The van der Waals surface area contributed by atoms with Crippen LogP contribution in [0.25, 0.3) is 6.08 Å². The number of rotatable bonds is 4. The molecule has 1 aromatic rings. The number of carbonyl (C=O) groups excluding carboxylic acids is 2. The number of esters is 1. The van der Waals surface area contributed by atoms with Gasteiger partial charge in [-0.15, -0.1) is 0 Å². The summed E-state index contributed by atoms with van der Waals surface area (Å²) in [5.41, 5.74) is 8.25. The average molecular weight is 233 g/mol. The second kappa shape index (κ2) is 5.84. The summed E-state index contributed by atoms with van der Waals surface area (Å²) in [4.78, 5) is 21.7. The van der Waals surface area contributed by atoms with Crippen molar-refractivity contribution in [2.75, 3.05) is 12.8 Å². The third kappa shape index (κ3) is 3.17. The van der Waals surface area contributed by atoms with Crippen LogP contribution in [-0.4, -0.2) is 19.4 Å². The van der Waals surface area contributed by atoms with E-state index in [4.69, 9.17) is 5.73 Å². The molecule has 0 fully saturated rings. The van der Waals surface area contributed by atoms with Crippen LogP contribution in [0.2, 0.25) is 0 Å². The minimum absolute atomic E-state index is 0.335. The first-order chi connectivity index (χ1) is 8.10. The van der Waals surface area contributed by atoms with Gasteiger partial charge in [-0.1, -0.05) is 12.2 Å². The number of nitrogens with two attached hydrogens (primary N) is 1. The van der Waals surface area contributed by atoms with Crippen molar-refractivity contribution in [2.24, 2.45) is 0 Å². The van der Waals surface area contributed by atoms with E-state index in [1.165, 1.54) is 7.11 Å². The van der Waals surface area contributed by atoms with E-state index in [9.17, 15) is 9.59 Å². The molecule has 4 heteroatoms. The molecular weight excluding hydrogens is 218 g/mol. The summed E-state index contributed by atoms with van der Waals surface area (Å²) in [6.45, 7) is 1.76. The zero-order chi connectivity index (χ0) is 12.8. The zero-order valence-electron chi connectivity index (χ0n) is 9.90. The van der Waals surface area contributed by atoms with Gasteiger partial charge in [0, 0.05) is 12.1 Å². The van der Waals surface area contributed by atoms with Gasteiger partial charge in [0.15, 0.2) is 0 Å². The lowest BCUT2D eigenvalue weighted by molar-refractivity contribution is -0.107. The van der Waals surface area contributed by atoms with Gasteiger partial charge in [0.1, 0.15) is 6.29 Å². The molecule has 0 heterocycles. The third-order valence-electron chi connectivity index (χ3n) is 2.42. The van der Waals surface area contributed by atoms with Gasteiger partial charge in [-0.2, -0.15) is 0 Å². The molecular formula is C13H15NO3. The highest BCUT2D eigenvalue weighted by molar-refractivity contribution is 5.93. The van der Waals surface area contributed by atoms with E-state index >= 15 is 0 Å². The van der Waals surface area contributed by atoms with E-state index in [-0.39, 0.29) is 0 Å². The molecule has 1 aromatic carbocycles. The third-order valence-corrected chi connectivity index (χ3v) is 2.42. The molecule has 0 spiro atoms. The molecule has 0 radical (unpaired) electrons. The molecule has 0 saturated heterocycles. The molecule has 0 aliphatic rings. The van der Waals surface area contributed by atoms with Crippen LogP contribution in [0.5, 0.6) is 0 Å². The van der Waals surface area contributed by atoms with Gasteiger partial charge in [-0.3, -0.25) is 0 Å². The number of allylic oxidation sites excluding steroid dienone is 1.